The monoisotopic (exact) mass is 636 g/mol. The summed E-state index contributed by atoms with van der Waals surface area (Å²) in [6.07, 6.45) is 0. The smallest absolute Gasteiger partial charge is 0.373 e. The lowest BCUT2D eigenvalue weighted by Gasteiger charge is -2.28. The van der Waals surface area contributed by atoms with Gasteiger partial charge in [0.15, 0.2) is 0 Å². The summed E-state index contributed by atoms with van der Waals surface area (Å²) < 4.78 is 17.1. The molecule has 0 amide bonds. The fourth-order valence-electron chi connectivity index (χ4n) is 5.88. The van der Waals surface area contributed by atoms with Gasteiger partial charge >= 0.3 is 8.80 Å². The quantitative estimate of drug-likeness (QED) is 0.132. The van der Waals surface area contributed by atoms with Gasteiger partial charge in [0, 0.05) is 60.6 Å². The van der Waals surface area contributed by atoms with Crippen molar-refractivity contribution in [3.63, 3.8) is 0 Å². The first-order valence-electron chi connectivity index (χ1n) is 15.7. The minimum atomic E-state index is -2.93. The van der Waals surface area contributed by atoms with Crippen molar-refractivity contribution < 1.29 is 13.3 Å². The molecular formula is C41H40N2O3Si. The molecule has 6 heteroatoms. The van der Waals surface area contributed by atoms with Gasteiger partial charge in [-0.05, 0) is 97.8 Å². The Bertz CT molecular complexity index is 1820. The van der Waals surface area contributed by atoms with Gasteiger partial charge in [-0.25, -0.2) is 0 Å². The molecule has 0 unspecified atom stereocenters. The average molecular weight is 637 g/mol. The molecular weight excluding hydrogens is 597 g/mol. The number of rotatable bonds is 11. The predicted octanol–water partition coefficient (Wildman–Crippen LogP) is 10.00. The highest BCUT2D eigenvalue weighted by molar-refractivity contribution is 6.75. The van der Waals surface area contributed by atoms with Crippen molar-refractivity contribution in [1.82, 2.24) is 0 Å². The average Bonchev–Trinajstić information content (AvgIpc) is 3.13. The van der Waals surface area contributed by atoms with Gasteiger partial charge in [-0.1, -0.05) is 90.0 Å². The summed E-state index contributed by atoms with van der Waals surface area (Å²) in [4.78, 5) is 4.54. The fraction of sp³-hybridized carbons (Fsp3) is 0.122. The molecule has 5 nitrogen and oxygen atoms in total. The molecule has 0 N–H and O–H groups in total. The molecule has 0 aliphatic rings. The van der Waals surface area contributed by atoms with Crippen LogP contribution in [0.15, 0.2) is 152 Å². The minimum absolute atomic E-state index is 0.906. The van der Waals surface area contributed by atoms with E-state index in [0.717, 1.165) is 50.4 Å². The molecule has 0 aliphatic heterocycles. The van der Waals surface area contributed by atoms with Crippen LogP contribution in [0.3, 0.4) is 0 Å². The highest BCUT2D eigenvalue weighted by Crippen LogP contribution is 2.38. The van der Waals surface area contributed by atoms with E-state index in [9.17, 15) is 0 Å². The molecule has 0 aromatic heterocycles. The molecule has 0 heterocycles. The second kappa shape index (κ2) is 14.2. The molecule has 0 radical (unpaired) electrons. The van der Waals surface area contributed by atoms with Crippen molar-refractivity contribution in [2.75, 3.05) is 31.1 Å². The molecule has 0 saturated carbocycles. The third-order valence-electron chi connectivity index (χ3n) is 8.47. The zero-order valence-corrected chi connectivity index (χ0v) is 28.6. The lowest BCUT2D eigenvalue weighted by molar-refractivity contribution is 0.140. The molecule has 0 aliphatic carbocycles. The summed E-state index contributed by atoms with van der Waals surface area (Å²) in [6, 6.07) is 53.5. The predicted molar refractivity (Wildman–Crippen MR) is 197 cm³/mol. The van der Waals surface area contributed by atoms with Crippen LogP contribution in [0.2, 0.25) is 0 Å². The van der Waals surface area contributed by atoms with Gasteiger partial charge in [-0.3, -0.25) is 0 Å². The molecule has 0 fully saturated rings. The molecule has 6 aromatic rings. The minimum Gasteiger partial charge on any atom is -0.373 e. The summed E-state index contributed by atoms with van der Waals surface area (Å²) in [7, 11) is 1.95. The maximum absolute atomic E-state index is 5.70. The summed E-state index contributed by atoms with van der Waals surface area (Å²) in [5.41, 5.74) is 11.3. The molecule has 6 rings (SSSR count). The number of nitrogens with zero attached hydrogens (tertiary/aromatic N) is 2. The van der Waals surface area contributed by atoms with Crippen LogP contribution < -0.4 is 15.0 Å². The summed E-state index contributed by atoms with van der Waals surface area (Å²) in [5.74, 6) is 0. The molecule has 0 spiro atoms. The van der Waals surface area contributed by atoms with E-state index < -0.39 is 8.80 Å². The van der Waals surface area contributed by atoms with E-state index in [2.05, 4.69) is 157 Å². The second-order valence-electron chi connectivity index (χ2n) is 11.5. The van der Waals surface area contributed by atoms with Gasteiger partial charge in [-0.2, -0.15) is 0 Å². The van der Waals surface area contributed by atoms with E-state index in [1.165, 1.54) is 11.1 Å². The van der Waals surface area contributed by atoms with Crippen LogP contribution in [-0.2, 0) is 13.3 Å². The number of aryl methyl sites for hydroxylation is 2. The van der Waals surface area contributed by atoms with E-state index >= 15 is 0 Å². The SMILES string of the molecule is CO[Si](OC)(OC)c1ccc(N(c2ccccc2)c2ccc(-c3ccc(N(c4ccc(C)cc4)c4ccc(C)cc4)cc3)cc2)cc1. The first-order valence-corrected chi connectivity index (χ1v) is 17.4. The Morgan fingerprint density at radius 1 is 0.362 bits per heavy atom. The Kier molecular flexibility index (Phi) is 9.66. The van der Waals surface area contributed by atoms with Crippen molar-refractivity contribution in [3.05, 3.63) is 163 Å². The number of anilines is 6. The Labute approximate surface area is 279 Å². The van der Waals surface area contributed by atoms with E-state index in [1.54, 1.807) is 21.3 Å². The first-order chi connectivity index (χ1) is 22.9. The van der Waals surface area contributed by atoms with Crippen LogP contribution in [0.1, 0.15) is 11.1 Å². The third kappa shape index (κ3) is 6.77. The van der Waals surface area contributed by atoms with Gasteiger partial charge < -0.3 is 23.1 Å². The molecule has 0 saturated heterocycles. The van der Waals surface area contributed by atoms with Crippen molar-refractivity contribution in [2.45, 2.75) is 13.8 Å². The zero-order chi connectivity index (χ0) is 32.8. The zero-order valence-electron chi connectivity index (χ0n) is 27.6. The van der Waals surface area contributed by atoms with Crippen LogP contribution in [0.25, 0.3) is 11.1 Å². The van der Waals surface area contributed by atoms with E-state index in [0.29, 0.717) is 0 Å². The topological polar surface area (TPSA) is 34.2 Å². The standard InChI is InChI=1S/C41H40N2O3Si/c1-31-11-19-36(20-12-31)43(37-21-13-32(2)14-22-37)39-25-17-34(18-26-39)33-15-23-38(24-16-33)42(35-9-7-6-8-10-35)40-27-29-41(30-28-40)47(44-3,45-4)46-5/h6-30H,1-5H3. The lowest BCUT2D eigenvalue weighted by Crippen LogP contribution is -2.54. The molecule has 0 bridgehead atoms. The lowest BCUT2D eigenvalue weighted by atomic mass is 10.0. The van der Waals surface area contributed by atoms with Crippen molar-refractivity contribution in [1.29, 1.82) is 0 Å². The summed E-state index contributed by atoms with van der Waals surface area (Å²) in [5, 5.41) is 0.906. The van der Waals surface area contributed by atoms with Crippen molar-refractivity contribution >= 4 is 48.1 Å². The van der Waals surface area contributed by atoms with E-state index in [-0.39, 0.29) is 0 Å². The second-order valence-corrected chi connectivity index (χ2v) is 14.4. The normalized spacial score (nSPS) is 11.3. The Balaban J connectivity index is 1.30. The maximum atomic E-state index is 5.70. The molecule has 0 atom stereocenters. The van der Waals surface area contributed by atoms with Gasteiger partial charge in [-0.15, -0.1) is 0 Å². The van der Waals surface area contributed by atoms with Crippen LogP contribution in [-0.4, -0.2) is 30.1 Å². The molecule has 236 valence electrons. The summed E-state index contributed by atoms with van der Waals surface area (Å²) >= 11 is 0. The number of hydrogen-bond acceptors (Lipinski definition) is 5. The fourth-order valence-corrected chi connectivity index (χ4v) is 7.67. The van der Waals surface area contributed by atoms with Crippen molar-refractivity contribution in [2.24, 2.45) is 0 Å². The Morgan fingerprint density at radius 3 is 1.00 bits per heavy atom. The maximum Gasteiger partial charge on any atom is 0.536 e. The third-order valence-corrected chi connectivity index (χ3v) is 11.1. The largest absolute Gasteiger partial charge is 0.536 e. The van der Waals surface area contributed by atoms with E-state index in [1.807, 2.05) is 18.2 Å². The Morgan fingerprint density at radius 2 is 0.660 bits per heavy atom. The molecule has 47 heavy (non-hydrogen) atoms. The highest BCUT2D eigenvalue weighted by Gasteiger charge is 2.40. The van der Waals surface area contributed by atoms with Crippen molar-refractivity contribution in [3.8, 4) is 11.1 Å². The van der Waals surface area contributed by atoms with Crippen LogP contribution >= 0.6 is 0 Å². The number of hydrogen-bond donors (Lipinski definition) is 0. The summed E-state index contributed by atoms with van der Waals surface area (Å²) in [6.45, 7) is 4.24. The number of para-hydroxylation sites is 1. The van der Waals surface area contributed by atoms with Crippen LogP contribution in [0.4, 0.5) is 34.1 Å². The van der Waals surface area contributed by atoms with Crippen LogP contribution in [0.5, 0.6) is 0 Å². The molecule has 6 aromatic carbocycles. The van der Waals surface area contributed by atoms with Crippen LogP contribution in [0, 0.1) is 13.8 Å². The highest BCUT2D eigenvalue weighted by atomic mass is 28.4. The van der Waals surface area contributed by atoms with Gasteiger partial charge in [0.25, 0.3) is 0 Å². The number of benzene rings is 6. The van der Waals surface area contributed by atoms with Gasteiger partial charge in [0.05, 0.1) is 0 Å². The van der Waals surface area contributed by atoms with Gasteiger partial charge in [0.1, 0.15) is 0 Å². The Hall–Kier alpha value is -4.98. The first kappa shape index (κ1) is 32.0. The van der Waals surface area contributed by atoms with Gasteiger partial charge in [0.2, 0.25) is 0 Å². The van der Waals surface area contributed by atoms with E-state index in [4.69, 9.17) is 13.3 Å².